The minimum atomic E-state index is 0.738. The fraction of sp³-hybridized carbons (Fsp3) is 0.0667. The zero-order valence-electron chi connectivity index (χ0n) is 19.2. The van der Waals surface area contributed by atoms with Crippen molar-refractivity contribution >= 4 is 38.6 Å². The average molecular weight is 455 g/mol. The van der Waals surface area contributed by atoms with Crippen LogP contribution in [0.15, 0.2) is 103 Å². The Morgan fingerprint density at radius 1 is 0.800 bits per heavy atom. The van der Waals surface area contributed by atoms with Crippen molar-refractivity contribution < 1.29 is 4.74 Å². The number of para-hydroxylation sites is 1. The molecule has 7 rings (SSSR count). The summed E-state index contributed by atoms with van der Waals surface area (Å²) in [7, 11) is 1.70. The van der Waals surface area contributed by atoms with Crippen molar-refractivity contribution in [1.29, 1.82) is 0 Å². The maximum Gasteiger partial charge on any atom is 0.165 e. The van der Waals surface area contributed by atoms with E-state index in [2.05, 4.69) is 75.7 Å². The van der Waals surface area contributed by atoms with Gasteiger partial charge in [0.15, 0.2) is 5.65 Å². The summed E-state index contributed by atoms with van der Waals surface area (Å²) in [6.45, 7) is 0.738. The second-order valence-corrected chi connectivity index (χ2v) is 8.72. The van der Waals surface area contributed by atoms with Gasteiger partial charge in [-0.05, 0) is 35.9 Å². The Bertz CT molecular complexity index is 1860. The van der Waals surface area contributed by atoms with Gasteiger partial charge < -0.3 is 9.30 Å². The summed E-state index contributed by atoms with van der Waals surface area (Å²) in [4.78, 5) is 10.3. The van der Waals surface area contributed by atoms with Gasteiger partial charge in [-0.15, -0.1) is 0 Å². The Morgan fingerprint density at radius 3 is 2.51 bits per heavy atom. The van der Waals surface area contributed by atoms with Crippen molar-refractivity contribution in [3.63, 3.8) is 0 Å². The van der Waals surface area contributed by atoms with Gasteiger partial charge in [-0.2, -0.15) is 0 Å². The minimum Gasteiger partial charge on any atom is -0.497 e. The summed E-state index contributed by atoms with van der Waals surface area (Å²) in [5.74, 6) is 0.807. The van der Waals surface area contributed by atoms with E-state index in [1.165, 1.54) is 16.5 Å². The van der Waals surface area contributed by atoms with Crippen LogP contribution in [0.4, 0.5) is 0 Å². The molecular weight excluding hydrogens is 432 g/mol. The molecule has 4 aromatic heterocycles. The number of rotatable bonds is 4. The molecule has 0 aliphatic carbocycles. The van der Waals surface area contributed by atoms with Crippen LogP contribution in [0, 0.1) is 0 Å². The predicted molar refractivity (Wildman–Crippen MR) is 141 cm³/mol. The highest BCUT2D eigenvalue weighted by molar-refractivity contribution is 6.21. The maximum absolute atomic E-state index is 5.56. The molecule has 4 heterocycles. The van der Waals surface area contributed by atoms with Crippen LogP contribution in [-0.4, -0.2) is 26.0 Å². The minimum absolute atomic E-state index is 0.738. The van der Waals surface area contributed by atoms with Gasteiger partial charge in [0.2, 0.25) is 0 Å². The van der Waals surface area contributed by atoms with Crippen LogP contribution in [0.25, 0.3) is 49.9 Å². The van der Waals surface area contributed by atoms with Gasteiger partial charge >= 0.3 is 0 Å². The van der Waals surface area contributed by atoms with Gasteiger partial charge in [0, 0.05) is 34.6 Å². The van der Waals surface area contributed by atoms with Gasteiger partial charge in [0.1, 0.15) is 16.9 Å². The molecule has 0 spiro atoms. The molecule has 0 fully saturated rings. The Labute approximate surface area is 201 Å². The summed E-state index contributed by atoms with van der Waals surface area (Å²) in [6.07, 6.45) is 2.03. The lowest BCUT2D eigenvalue weighted by molar-refractivity contribution is 0.415. The van der Waals surface area contributed by atoms with Crippen molar-refractivity contribution in [1.82, 2.24) is 18.9 Å². The molecule has 3 aromatic carbocycles. The standard InChI is InChI=1S/C30H22N4O/c1-35-22-13-9-12-21(18-22)27-29-26(28-30(32-27)33-17-8-7-16-25(33)31-28)23-14-5-6-15-24(23)34(29)19-20-10-3-2-4-11-20/h2-18H,19H2,1H3. The second-order valence-electron chi connectivity index (χ2n) is 8.72. The number of benzene rings is 3. The summed E-state index contributed by atoms with van der Waals surface area (Å²) < 4.78 is 10.0. The summed E-state index contributed by atoms with van der Waals surface area (Å²) in [5.41, 5.74) is 8.08. The largest absolute Gasteiger partial charge is 0.497 e. The third-order valence-electron chi connectivity index (χ3n) is 6.68. The topological polar surface area (TPSA) is 44.4 Å². The number of ether oxygens (including phenoxy) is 1. The third kappa shape index (κ3) is 3.02. The number of aromatic nitrogens is 4. The van der Waals surface area contributed by atoms with E-state index in [-0.39, 0.29) is 0 Å². The highest BCUT2D eigenvalue weighted by Crippen LogP contribution is 2.40. The maximum atomic E-state index is 5.56. The monoisotopic (exact) mass is 454 g/mol. The Morgan fingerprint density at radius 2 is 1.63 bits per heavy atom. The molecule has 0 N–H and O–H groups in total. The van der Waals surface area contributed by atoms with Crippen LogP contribution in [0.3, 0.4) is 0 Å². The molecule has 0 unspecified atom stereocenters. The molecule has 0 amide bonds. The van der Waals surface area contributed by atoms with E-state index < -0.39 is 0 Å². The van der Waals surface area contributed by atoms with Crippen molar-refractivity contribution in [2.45, 2.75) is 6.54 Å². The van der Waals surface area contributed by atoms with Gasteiger partial charge in [0.25, 0.3) is 0 Å². The molecule has 5 nitrogen and oxygen atoms in total. The van der Waals surface area contributed by atoms with Gasteiger partial charge in [-0.1, -0.05) is 66.7 Å². The van der Waals surface area contributed by atoms with Gasteiger partial charge in [-0.3, -0.25) is 4.40 Å². The number of methoxy groups -OCH3 is 1. The first-order valence-corrected chi connectivity index (χ1v) is 11.7. The number of nitrogens with zero attached hydrogens (tertiary/aromatic N) is 4. The van der Waals surface area contributed by atoms with E-state index in [4.69, 9.17) is 14.7 Å². The molecule has 0 bridgehead atoms. The summed E-state index contributed by atoms with van der Waals surface area (Å²) >= 11 is 0. The van der Waals surface area contributed by atoms with Crippen LogP contribution in [0.2, 0.25) is 0 Å². The molecule has 0 radical (unpaired) electrons. The van der Waals surface area contributed by atoms with E-state index in [0.29, 0.717) is 0 Å². The fourth-order valence-electron chi connectivity index (χ4n) is 5.11. The van der Waals surface area contributed by atoms with Crippen molar-refractivity contribution in [2.75, 3.05) is 7.11 Å². The molecule has 0 aliphatic rings. The number of fused-ring (bicyclic) bond motifs is 7. The molecule has 0 aliphatic heterocycles. The molecule has 168 valence electrons. The molecular formula is C30H22N4O. The van der Waals surface area contributed by atoms with Crippen LogP contribution in [0.1, 0.15) is 5.56 Å². The number of pyridine rings is 2. The molecule has 7 aromatic rings. The van der Waals surface area contributed by atoms with E-state index in [0.717, 1.165) is 51.3 Å². The molecule has 0 atom stereocenters. The lowest BCUT2D eigenvalue weighted by Gasteiger charge is -2.12. The fourth-order valence-corrected chi connectivity index (χ4v) is 5.11. The van der Waals surface area contributed by atoms with E-state index in [9.17, 15) is 0 Å². The normalized spacial score (nSPS) is 11.7. The molecule has 35 heavy (non-hydrogen) atoms. The van der Waals surface area contributed by atoms with Crippen molar-refractivity contribution in [3.8, 4) is 17.0 Å². The lowest BCUT2D eigenvalue weighted by Crippen LogP contribution is -2.02. The Hall–Kier alpha value is -4.64. The van der Waals surface area contributed by atoms with E-state index in [1.54, 1.807) is 7.11 Å². The SMILES string of the molecule is COc1cccc(-c2nc3c(nc4ccccn43)c3c4ccccc4n(Cc4ccccc4)c23)c1. The highest BCUT2D eigenvalue weighted by Gasteiger charge is 2.22. The van der Waals surface area contributed by atoms with Crippen molar-refractivity contribution in [3.05, 3.63) is 109 Å². The van der Waals surface area contributed by atoms with Crippen LogP contribution in [-0.2, 0) is 6.54 Å². The van der Waals surface area contributed by atoms with E-state index in [1.807, 2.05) is 36.5 Å². The first-order chi connectivity index (χ1) is 17.3. The van der Waals surface area contributed by atoms with Crippen LogP contribution in [0.5, 0.6) is 5.75 Å². The van der Waals surface area contributed by atoms with Crippen molar-refractivity contribution in [2.24, 2.45) is 0 Å². The van der Waals surface area contributed by atoms with Crippen LogP contribution >= 0.6 is 0 Å². The van der Waals surface area contributed by atoms with Gasteiger partial charge in [-0.25, -0.2) is 9.97 Å². The predicted octanol–water partition coefficient (Wildman–Crippen LogP) is 6.71. The molecule has 0 saturated heterocycles. The van der Waals surface area contributed by atoms with Gasteiger partial charge in [0.05, 0.1) is 18.3 Å². The Kier molecular flexibility index (Phi) is 4.36. The lowest BCUT2D eigenvalue weighted by atomic mass is 10.1. The average Bonchev–Trinajstić information content (AvgIpc) is 3.45. The summed E-state index contributed by atoms with van der Waals surface area (Å²) in [5, 5.41) is 2.31. The summed E-state index contributed by atoms with van der Waals surface area (Å²) in [6, 6.07) is 33.4. The smallest absolute Gasteiger partial charge is 0.165 e. The highest BCUT2D eigenvalue weighted by atomic mass is 16.5. The Balaban J connectivity index is 1.69. The first kappa shape index (κ1) is 19.8. The quantitative estimate of drug-likeness (QED) is 0.297. The first-order valence-electron chi connectivity index (χ1n) is 11.7. The third-order valence-corrected chi connectivity index (χ3v) is 6.68. The van der Waals surface area contributed by atoms with E-state index >= 15 is 0 Å². The van der Waals surface area contributed by atoms with Crippen LogP contribution < -0.4 is 4.74 Å². The zero-order chi connectivity index (χ0) is 23.4. The number of imidazole rings is 1. The zero-order valence-corrected chi connectivity index (χ0v) is 19.2. The second kappa shape index (κ2) is 7.71. The number of hydrogen-bond acceptors (Lipinski definition) is 3. The molecule has 0 saturated carbocycles. The number of hydrogen-bond donors (Lipinski definition) is 0. The molecule has 5 heteroatoms.